The molecule has 3 rings (SSSR count). The topological polar surface area (TPSA) is 104 Å². The van der Waals surface area contributed by atoms with Crippen molar-refractivity contribution in [1.82, 2.24) is 15.4 Å². The normalized spacial score (nSPS) is 14.9. The van der Waals surface area contributed by atoms with E-state index in [4.69, 9.17) is 0 Å². The van der Waals surface area contributed by atoms with E-state index in [1.807, 2.05) is 12.1 Å². The Morgan fingerprint density at radius 1 is 0.857 bits per heavy atom. The minimum atomic E-state index is -3.64. The predicted molar refractivity (Wildman–Crippen MR) is 138 cm³/mol. The summed E-state index contributed by atoms with van der Waals surface area (Å²) < 4.78 is 27.9. The molecule has 0 aliphatic heterocycles. The summed E-state index contributed by atoms with van der Waals surface area (Å²) in [6.45, 7) is 7.11. The van der Waals surface area contributed by atoms with Crippen LogP contribution in [-0.4, -0.2) is 33.3 Å². The predicted octanol–water partition coefficient (Wildman–Crippen LogP) is 3.89. The third-order valence-corrected chi connectivity index (χ3v) is 7.82. The molecule has 0 aromatic heterocycles. The lowest BCUT2D eigenvalue weighted by molar-refractivity contribution is -0.125. The number of rotatable bonds is 9. The molecule has 35 heavy (non-hydrogen) atoms. The van der Waals surface area contributed by atoms with E-state index in [9.17, 15) is 18.0 Å². The number of sulfonamides is 1. The molecule has 1 saturated carbocycles. The van der Waals surface area contributed by atoms with Gasteiger partial charge in [-0.15, -0.1) is 0 Å². The molecule has 1 aliphatic carbocycles. The van der Waals surface area contributed by atoms with Gasteiger partial charge in [0.1, 0.15) is 0 Å². The highest BCUT2D eigenvalue weighted by molar-refractivity contribution is 7.89. The van der Waals surface area contributed by atoms with Gasteiger partial charge >= 0.3 is 0 Å². The van der Waals surface area contributed by atoms with Crippen molar-refractivity contribution in [3.8, 4) is 0 Å². The maximum absolute atomic E-state index is 12.6. The summed E-state index contributed by atoms with van der Waals surface area (Å²) in [5.41, 5.74) is 2.24. The maximum Gasteiger partial charge on any atom is 0.251 e. The summed E-state index contributed by atoms with van der Waals surface area (Å²) in [5, 5.41) is 5.71. The van der Waals surface area contributed by atoms with Crippen LogP contribution in [0.25, 0.3) is 0 Å². The van der Waals surface area contributed by atoms with E-state index in [1.54, 1.807) is 36.4 Å². The summed E-state index contributed by atoms with van der Waals surface area (Å²) in [6.07, 6.45) is 5.32. The Morgan fingerprint density at radius 2 is 1.46 bits per heavy atom. The first-order chi connectivity index (χ1) is 16.6. The van der Waals surface area contributed by atoms with Crippen LogP contribution < -0.4 is 15.4 Å². The minimum Gasteiger partial charge on any atom is -0.354 e. The van der Waals surface area contributed by atoms with Crippen LogP contribution in [0.1, 0.15) is 74.4 Å². The fourth-order valence-electron chi connectivity index (χ4n) is 4.14. The molecule has 0 radical (unpaired) electrons. The standard InChI is InChI=1S/C27H37N3O4S/c1-27(2,3)23-13-15-24(16-14-23)35(33,34)30-19-20-9-11-22(12-10-20)26(32)29-18-17-28-25(31)21-7-5-4-6-8-21/h9-16,21,30H,4-8,17-19H2,1-3H3,(H,28,31)(H,29,32). The molecule has 0 atom stereocenters. The number of hydrogen-bond donors (Lipinski definition) is 3. The molecule has 8 heteroatoms. The van der Waals surface area contributed by atoms with Crippen LogP contribution in [0.4, 0.5) is 0 Å². The lowest BCUT2D eigenvalue weighted by atomic mass is 9.87. The molecule has 190 valence electrons. The lowest BCUT2D eigenvalue weighted by Gasteiger charge is -2.20. The van der Waals surface area contributed by atoms with Crippen molar-refractivity contribution in [2.24, 2.45) is 5.92 Å². The molecule has 0 unspecified atom stereocenters. The van der Waals surface area contributed by atoms with E-state index < -0.39 is 10.0 Å². The van der Waals surface area contributed by atoms with Gasteiger partial charge in [0, 0.05) is 31.1 Å². The van der Waals surface area contributed by atoms with Crippen molar-refractivity contribution < 1.29 is 18.0 Å². The molecular weight excluding hydrogens is 462 g/mol. The Morgan fingerprint density at radius 3 is 2.06 bits per heavy atom. The van der Waals surface area contributed by atoms with Crippen molar-refractivity contribution in [3.05, 3.63) is 65.2 Å². The Balaban J connectivity index is 1.44. The van der Waals surface area contributed by atoms with Crippen LogP contribution in [0.3, 0.4) is 0 Å². The summed E-state index contributed by atoms with van der Waals surface area (Å²) in [4.78, 5) is 24.7. The van der Waals surface area contributed by atoms with Crippen LogP contribution >= 0.6 is 0 Å². The number of hydrogen-bond acceptors (Lipinski definition) is 4. The molecule has 2 aromatic carbocycles. The first kappa shape index (κ1) is 26.9. The average Bonchev–Trinajstić information content (AvgIpc) is 2.85. The zero-order chi connectivity index (χ0) is 25.5. The summed E-state index contributed by atoms with van der Waals surface area (Å²) >= 11 is 0. The lowest BCUT2D eigenvalue weighted by Crippen LogP contribution is -2.38. The third kappa shape index (κ3) is 7.90. The molecule has 0 spiro atoms. The highest BCUT2D eigenvalue weighted by Crippen LogP contribution is 2.24. The van der Waals surface area contributed by atoms with Gasteiger partial charge in [-0.3, -0.25) is 9.59 Å². The molecule has 1 aliphatic rings. The molecule has 2 aromatic rings. The fraction of sp³-hybridized carbons (Fsp3) is 0.481. The highest BCUT2D eigenvalue weighted by atomic mass is 32.2. The molecule has 0 bridgehead atoms. The third-order valence-electron chi connectivity index (χ3n) is 6.40. The second kappa shape index (κ2) is 11.8. The Labute approximate surface area is 209 Å². The van der Waals surface area contributed by atoms with E-state index in [2.05, 4.69) is 36.1 Å². The van der Waals surface area contributed by atoms with Gasteiger partial charge in [-0.2, -0.15) is 0 Å². The zero-order valence-corrected chi connectivity index (χ0v) is 21.7. The quantitative estimate of drug-likeness (QED) is 0.455. The Kier molecular flexibility index (Phi) is 9.08. The second-order valence-corrected chi connectivity index (χ2v) is 11.9. The molecule has 1 fully saturated rings. The van der Waals surface area contributed by atoms with Crippen molar-refractivity contribution in [2.75, 3.05) is 13.1 Å². The number of carbonyl (C=O) groups is 2. The van der Waals surface area contributed by atoms with Crippen molar-refractivity contribution in [3.63, 3.8) is 0 Å². The summed E-state index contributed by atoms with van der Waals surface area (Å²) in [6, 6.07) is 13.7. The van der Waals surface area contributed by atoms with E-state index >= 15 is 0 Å². The van der Waals surface area contributed by atoms with Gasteiger partial charge in [0.25, 0.3) is 5.91 Å². The average molecular weight is 500 g/mol. The molecule has 3 N–H and O–H groups in total. The van der Waals surface area contributed by atoms with Crippen LogP contribution in [0.15, 0.2) is 53.4 Å². The number of amides is 2. The minimum absolute atomic E-state index is 0.0490. The highest BCUT2D eigenvalue weighted by Gasteiger charge is 2.20. The van der Waals surface area contributed by atoms with Crippen LogP contribution in [0.5, 0.6) is 0 Å². The molecule has 0 heterocycles. The first-order valence-electron chi connectivity index (χ1n) is 12.3. The van der Waals surface area contributed by atoms with Crippen LogP contribution in [-0.2, 0) is 26.8 Å². The second-order valence-electron chi connectivity index (χ2n) is 10.2. The number of benzene rings is 2. The van der Waals surface area contributed by atoms with Gasteiger partial charge in [-0.05, 0) is 53.6 Å². The smallest absolute Gasteiger partial charge is 0.251 e. The molecular formula is C27H37N3O4S. The number of nitrogens with one attached hydrogen (secondary N) is 3. The molecule has 0 saturated heterocycles. The van der Waals surface area contributed by atoms with E-state index in [1.165, 1.54) is 6.42 Å². The van der Waals surface area contributed by atoms with E-state index in [0.717, 1.165) is 36.8 Å². The van der Waals surface area contributed by atoms with Crippen molar-refractivity contribution in [1.29, 1.82) is 0 Å². The molecule has 7 nitrogen and oxygen atoms in total. The van der Waals surface area contributed by atoms with Gasteiger partial charge in [-0.1, -0.05) is 64.3 Å². The molecule has 2 amide bonds. The summed E-state index contributed by atoms with van der Waals surface area (Å²) in [7, 11) is -3.64. The first-order valence-corrected chi connectivity index (χ1v) is 13.8. The zero-order valence-electron chi connectivity index (χ0n) is 20.9. The maximum atomic E-state index is 12.6. The van der Waals surface area contributed by atoms with Crippen molar-refractivity contribution >= 4 is 21.8 Å². The Bertz CT molecular complexity index is 1100. The van der Waals surface area contributed by atoms with E-state index in [0.29, 0.717) is 18.7 Å². The van der Waals surface area contributed by atoms with Gasteiger partial charge < -0.3 is 10.6 Å². The van der Waals surface area contributed by atoms with Crippen molar-refractivity contribution in [2.45, 2.75) is 69.7 Å². The van der Waals surface area contributed by atoms with Gasteiger partial charge in [0.15, 0.2) is 0 Å². The Hall–Kier alpha value is -2.71. The largest absolute Gasteiger partial charge is 0.354 e. The van der Waals surface area contributed by atoms with Crippen LogP contribution in [0, 0.1) is 5.92 Å². The van der Waals surface area contributed by atoms with Crippen LogP contribution in [0.2, 0.25) is 0 Å². The van der Waals surface area contributed by atoms with Gasteiger partial charge in [0.2, 0.25) is 15.9 Å². The monoisotopic (exact) mass is 499 g/mol. The van der Waals surface area contributed by atoms with E-state index in [-0.39, 0.29) is 34.6 Å². The summed E-state index contributed by atoms with van der Waals surface area (Å²) in [5.74, 6) is -0.0499. The van der Waals surface area contributed by atoms with Gasteiger partial charge in [0.05, 0.1) is 4.90 Å². The number of carbonyl (C=O) groups excluding carboxylic acids is 2. The fourth-order valence-corrected chi connectivity index (χ4v) is 5.16. The SMILES string of the molecule is CC(C)(C)c1ccc(S(=O)(=O)NCc2ccc(C(=O)NCCNC(=O)C3CCCCC3)cc2)cc1. The van der Waals surface area contributed by atoms with Gasteiger partial charge in [-0.25, -0.2) is 13.1 Å².